The van der Waals surface area contributed by atoms with E-state index in [-0.39, 0.29) is 5.56 Å². The Morgan fingerprint density at radius 1 is 1.43 bits per heavy atom. The summed E-state index contributed by atoms with van der Waals surface area (Å²) >= 11 is 3.03. The van der Waals surface area contributed by atoms with Crippen molar-refractivity contribution < 1.29 is 17.9 Å². The van der Waals surface area contributed by atoms with Crippen LogP contribution in [0.15, 0.2) is 22.9 Å². The number of pyridine rings is 1. The van der Waals surface area contributed by atoms with E-state index in [9.17, 15) is 13.2 Å². The SMILES string of the molecule is COC(c1ccc(Br)nc1)C(F)(F)F. The number of rotatable bonds is 2. The molecule has 0 radical (unpaired) electrons. The van der Waals surface area contributed by atoms with Crippen molar-refractivity contribution in [2.75, 3.05) is 7.11 Å². The molecule has 0 saturated heterocycles. The van der Waals surface area contributed by atoms with Crippen molar-refractivity contribution in [1.29, 1.82) is 0 Å². The second-order valence-electron chi connectivity index (χ2n) is 2.57. The molecule has 1 heterocycles. The average molecular weight is 270 g/mol. The van der Waals surface area contributed by atoms with Gasteiger partial charge in [-0.2, -0.15) is 13.2 Å². The van der Waals surface area contributed by atoms with Gasteiger partial charge in [-0.1, -0.05) is 6.07 Å². The summed E-state index contributed by atoms with van der Waals surface area (Å²) in [5, 5.41) is 0. The fourth-order valence-electron chi connectivity index (χ4n) is 1.00. The molecule has 0 saturated carbocycles. The first kappa shape index (κ1) is 11.5. The third-order valence-electron chi connectivity index (χ3n) is 1.59. The summed E-state index contributed by atoms with van der Waals surface area (Å²) in [6.45, 7) is 0. The van der Waals surface area contributed by atoms with Crippen molar-refractivity contribution in [3.63, 3.8) is 0 Å². The maximum Gasteiger partial charge on any atom is 0.418 e. The first-order chi connectivity index (χ1) is 6.45. The molecule has 6 heteroatoms. The first-order valence-electron chi connectivity index (χ1n) is 3.66. The number of hydrogen-bond acceptors (Lipinski definition) is 2. The van der Waals surface area contributed by atoms with Gasteiger partial charge in [0.2, 0.25) is 0 Å². The number of aromatic nitrogens is 1. The number of halogens is 4. The van der Waals surface area contributed by atoms with Crippen LogP contribution >= 0.6 is 15.9 Å². The Labute approximate surface area is 87.2 Å². The lowest BCUT2D eigenvalue weighted by Gasteiger charge is -2.18. The Kier molecular flexibility index (Phi) is 3.49. The molecule has 1 atom stereocenters. The summed E-state index contributed by atoms with van der Waals surface area (Å²) in [6.07, 6.45) is -5.20. The van der Waals surface area contributed by atoms with E-state index in [0.717, 1.165) is 13.3 Å². The Hall–Kier alpha value is -0.620. The molecule has 14 heavy (non-hydrogen) atoms. The minimum Gasteiger partial charge on any atom is -0.367 e. The van der Waals surface area contributed by atoms with Gasteiger partial charge < -0.3 is 4.74 Å². The molecule has 1 rings (SSSR count). The summed E-state index contributed by atoms with van der Waals surface area (Å²) in [4.78, 5) is 3.70. The normalized spacial score (nSPS) is 14.1. The Morgan fingerprint density at radius 3 is 2.43 bits per heavy atom. The maximum atomic E-state index is 12.3. The van der Waals surface area contributed by atoms with Gasteiger partial charge >= 0.3 is 6.18 Å². The van der Waals surface area contributed by atoms with Crippen LogP contribution in [0.2, 0.25) is 0 Å². The zero-order valence-corrected chi connectivity index (χ0v) is 8.76. The topological polar surface area (TPSA) is 22.1 Å². The molecule has 0 fully saturated rings. The molecule has 0 aliphatic carbocycles. The van der Waals surface area contributed by atoms with Gasteiger partial charge in [0.15, 0.2) is 6.10 Å². The molecule has 0 N–H and O–H groups in total. The lowest BCUT2D eigenvalue weighted by atomic mass is 10.1. The second-order valence-corrected chi connectivity index (χ2v) is 3.38. The van der Waals surface area contributed by atoms with E-state index in [1.165, 1.54) is 12.1 Å². The molecule has 0 bridgehead atoms. The van der Waals surface area contributed by atoms with Crippen molar-refractivity contribution >= 4 is 15.9 Å². The Morgan fingerprint density at radius 2 is 2.07 bits per heavy atom. The van der Waals surface area contributed by atoms with Gasteiger partial charge in [0.05, 0.1) is 0 Å². The summed E-state index contributed by atoms with van der Waals surface area (Å²) in [7, 11) is 1.01. The van der Waals surface area contributed by atoms with Gasteiger partial charge in [-0.3, -0.25) is 0 Å². The molecule has 1 aromatic rings. The molecule has 78 valence electrons. The van der Waals surface area contributed by atoms with Crippen molar-refractivity contribution in [3.05, 3.63) is 28.5 Å². The fraction of sp³-hybridized carbons (Fsp3) is 0.375. The summed E-state index contributed by atoms with van der Waals surface area (Å²) in [5.74, 6) is 0. The average Bonchev–Trinajstić information content (AvgIpc) is 2.07. The van der Waals surface area contributed by atoms with E-state index in [2.05, 4.69) is 25.7 Å². The van der Waals surface area contributed by atoms with E-state index in [1.54, 1.807) is 0 Å². The standard InChI is InChI=1S/C8H7BrF3NO/c1-14-7(8(10,11)12)5-2-3-6(9)13-4-5/h2-4,7H,1H3. The van der Waals surface area contributed by atoms with E-state index in [1.807, 2.05) is 0 Å². The third-order valence-corrected chi connectivity index (χ3v) is 2.06. The Bertz CT molecular complexity index is 298. The highest BCUT2D eigenvalue weighted by Crippen LogP contribution is 2.34. The number of ether oxygens (including phenoxy) is 1. The predicted molar refractivity (Wildman–Crippen MR) is 47.7 cm³/mol. The van der Waals surface area contributed by atoms with E-state index in [0.29, 0.717) is 4.60 Å². The number of nitrogens with zero attached hydrogens (tertiary/aromatic N) is 1. The minimum atomic E-state index is -4.41. The highest BCUT2D eigenvalue weighted by atomic mass is 79.9. The van der Waals surface area contributed by atoms with Crippen molar-refractivity contribution in [1.82, 2.24) is 4.98 Å². The number of alkyl halides is 3. The number of hydrogen-bond donors (Lipinski definition) is 0. The third kappa shape index (κ3) is 2.68. The minimum absolute atomic E-state index is 0.0109. The van der Waals surface area contributed by atoms with Crippen LogP contribution in [0.3, 0.4) is 0 Å². The molecule has 0 amide bonds. The monoisotopic (exact) mass is 269 g/mol. The highest BCUT2D eigenvalue weighted by molar-refractivity contribution is 9.10. The largest absolute Gasteiger partial charge is 0.418 e. The molecule has 2 nitrogen and oxygen atoms in total. The lowest BCUT2D eigenvalue weighted by molar-refractivity contribution is -0.216. The van der Waals surface area contributed by atoms with Crippen LogP contribution in [0.1, 0.15) is 11.7 Å². The van der Waals surface area contributed by atoms with Gasteiger partial charge in [0.25, 0.3) is 0 Å². The van der Waals surface area contributed by atoms with Crippen LogP contribution < -0.4 is 0 Å². The maximum absolute atomic E-state index is 12.3. The highest BCUT2D eigenvalue weighted by Gasteiger charge is 2.41. The van der Waals surface area contributed by atoms with Crippen molar-refractivity contribution in [2.45, 2.75) is 12.3 Å². The van der Waals surface area contributed by atoms with Crippen LogP contribution in [-0.2, 0) is 4.74 Å². The lowest BCUT2D eigenvalue weighted by Crippen LogP contribution is -2.22. The van der Waals surface area contributed by atoms with E-state index < -0.39 is 12.3 Å². The molecule has 0 spiro atoms. The summed E-state index contributed by atoms with van der Waals surface area (Å²) < 4.78 is 41.9. The molecule has 1 unspecified atom stereocenters. The zero-order chi connectivity index (χ0) is 10.8. The summed E-state index contributed by atoms with van der Waals surface area (Å²) in [5.41, 5.74) is -0.0109. The fourth-order valence-corrected chi connectivity index (χ4v) is 1.24. The van der Waals surface area contributed by atoms with Gasteiger partial charge in [-0.25, -0.2) is 4.98 Å². The van der Waals surface area contributed by atoms with Gasteiger partial charge in [0.1, 0.15) is 4.60 Å². The van der Waals surface area contributed by atoms with Crippen LogP contribution in [0.5, 0.6) is 0 Å². The molecular weight excluding hydrogens is 263 g/mol. The molecule has 1 aromatic heterocycles. The van der Waals surface area contributed by atoms with Crippen molar-refractivity contribution in [3.8, 4) is 0 Å². The van der Waals surface area contributed by atoms with Gasteiger partial charge in [-0.15, -0.1) is 0 Å². The predicted octanol–water partition coefficient (Wildman–Crippen LogP) is 3.09. The van der Waals surface area contributed by atoms with Crippen LogP contribution in [0, 0.1) is 0 Å². The Balaban J connectivity index is 2.96. The molecule has 0 aromatic carbocycles. The molecular formula is C8H7BrF3NO. The molecule has 0 aliphatic rings. The quantitative estimate of drug-likeness (QED) is 0.770. The summed E-state index contributed by atoms with van der Waals surface area (Å²) in [6, 6.07) is 2.76. The first-order valence-corrected chi connectivity index (χ1v) is 4.45. The van der Waals surface area contributed by atoms with Crippen molar-refractivity contribution in [2.24, 2.45) is 0 Å². The zero-order valence-electron chi connectivity index (χ0n) is 7.18. The number of methoxy groups -OCH3 is 1. The van der Waals surface area contributed by atoms with Gasteiger partial charge in [0, 0.05) is 18.9 Å². The second kappa shape index (κ2) is 4.27. The van der Waals surface area contributed by atoms with Crippen LogP contribution in [0.4, 0.5) is 13.2 Å². The van der Waals surface area contributed by atoms with E-state index in [4.69, 9.17) is 0 Å². The van der Waals surface area contributed by atoms with E-state index >= 15 is 0 Å². The van der Waals surface area contributed by atoms with Crippen LogP contribution in [0.25, 0.3) is 0 Å². The smallest absolute Gasteiger partial charge is 0.367 e. The van der Waals surface area contributed by atoms with Gasteiger partial charge in [-0.05, 0) is 22.0 Å². The van der Waals surface area contributed by atoms with Crippen LogP contribution in [-0.4, -0.2) is 18.3 Å². The molecule has 0 aliphatic heterocycles.